The Kier molecular flexibility index (Phi) is 4.09. The number of piperidine rings is 1. The zero-order chi connectivity index (χ0) is 16.7. The molecule has 1 aromatic heterocycles. The molecule has 128 valence electrons. The summed E-state index contributed by atoms with van der Waals surface area (Å²) in [4.78, 5) is 14.3. The Balaban J connectivity index is 1.34. The fraction of sp³-hybridized carbons (Fsp3) is 0.550. The summed E-state index contributed by atoms with van der Waals surface area (Å²) < 4.78 is 5.92. The second-order valence-electron chi connectivity index (χ2n) is 7.57. The summed E-state index contributed by atoms with van der Waals surface area (Å²) in [6.07, 6.45) is 3.22. The molecule has 1 amide bonds. The number of nitrogens with one attached hydrogen (secondary N) is 1. The average Bonchev–Trinajstić information content (AvgIpc) is 3.33. The maximum absolute atomic E-state index is 12.2. The van der Waals surface area contributed by atoms with Crippen molar-refractivity contribution in [2.45, 2.75) is 45.7 Å². The number of aryl methyl sites for hydroxylation is 1. The van der Waals surface area contributed by atoms with Crippen LogP contribution in [0.1, 0.15) is 37.5 Å². The lowest BCUT2D eigenvalue weighted by molar-refractivity contribution is -0.134. The third-order valence-corrected chi connectivity index (χ3v) is 5.40. The van der Waals surface area contributed by atoms with Crippen LogP contribution in [-0.4, -0.2) is 29.9 Å². The first-order valence-electron chi connectivity index (χ1n) is 9.11. The minimum Gasteiger partial charge on any atom is -0.460 e. The van der Waals surface area contributed by atoms with E-state index in [9.17, 15) is 4.79 Å². The SMILES string of the molecule is Cc1ccc2oc(CN[C@@H]3CCN(C(=O)C4CC4)C[C@@H]3C)cc2c1. The summed E-state index contributed by atoms with van der Waals surface area (Å²) in [6.45, 7) is 6.86. The van der Waals surface area contributed by atoms with Crippen molar-refractivity contribution in [1.29, 1.82) is 0 Å². The number of carbonyl (C=O) groups is 1. The van der Waals surface area contributed by atoms with E-state index in [1.807, 2.05) is 6.07 Å². The number of benzene rings is 1. The molecule has 2 aliphatic rings. The fourth-order valence-electron chi connectivity index (χ4n) is 3.77. The van der Waals surface area contributed by atoms with E-state index < -0.39 is 0 Å². The first kappa shape index (κ1) is 15.7. The molecule has 1 aliphatic carbocycles. The van der Waals surface area contributed by atoms with Gasteiger partial charge in [-0.2, -0.15) is 0 Å². The molecular formula is C20H26N2O2. The van der Waals surface area contributed by atoms with Gasteiger partial charge in [0.1, 0.15) is 11.3 Å². The monoisotopic (exact) mass is 326 g/mol. The van der Waals surface area contributed by atoms with Gasteiger partial charge in [-0.25, -0.2) is 0 Å². The lowest BCUT2D eigenvalue weighted by atomic mass is 9.93. The molecular weight excluding hydrogens is 300 g/mol. The standard InChI is InChI=1S/C20H26N2O2/c1-13-3-6-19-16(9-13)10-17(24-19)11-21-18-7-8-22(12-14(18)2)20(23)15-4-5-15/h3,6,9-10,14-15,18,21H,4-5,7-8,11-12H2,1-2H3/t14-,18+/m0/s1. The molecule has 4 heteroatoms. The summed E-state index contributed by atoms with van der Waals surface area (Å²) in [5, 5.41) is 4.81. The van der Waals surface area contributed by atoms with Crippen molar-refractivity contribution < 1.29 is 9.21 Å². The van der Waals surface area contributed by atoms with Crippen molar-refractivity contribution >= 4 is 16.9 Å². The Morgan fingerprint density at radius 1 is 1.29 bits per heavy atom. The lowest BCUT2D eigenvalue weighted by Gasteiger charge is -2.37. The Morgan fingerprint density at radius 2 is 2.12 bits per heavy atom. The minimum atomic E-state index is 0.334. The van der Waals surface area contributed by atoms with Gasteiger partial charge in [-0.3, -0.25) is 4.79 Å². The van der Waals surface area contributed by atoms with E-state index in [1.165, 1.54) is 10.9 Å². The highest BCUT2D eigenvalue weighted by molar-refractivity contribution is 5.81. The number of hydrogen-bond donors (Lipinski definition) is 1. The van der Waals surface area contributed by atoms with Crippen molar-refractivity contribution in [2.24, 2.45) is 11.8 Å². The van der Waals surface area contributed by atoms with Crippen molar-refractivity contribution in [2.75, 3.05) is 13.1 Å². The van der Waals surface area contributed by atoms with E-state index in [4.69, 9.17) is 4.42 Å². The van der Waals surface area contributed by atoms with Gasteiger partial charge in [0, 0.05) is 30.4 Å². The molecule has 0 spiro atoms. The molecule has 1 aromatic carbocycles. The van der Waals surface area contributed by atoms with Crippen LogP contribution < -0.4 is 5.32 Å². The van der Waals surface area contributed by atoms with Gasteiger partial charge >= 0.3 is 0 Å². The average molecular weight is 326 g/mol. The second-order valence-corrected chi connectivity index (χ2v) is 7.57. The maximum atomic E-state index is 12.2. The van der Waals surface area contributed by atoms with Gasteiger partial charge in [0.25, 0.3) is 0 Å². The molecule has 1 saturated carbocycles. The molecule has 2 aromatic rings. The third-order valence-electron chi connectivity index (χ3n) is 5.40. The molecule has 2 atom stereocenters. The van der Waals surface area contributed by atoms with Crippen LogP contribution in [0.2, 0.25) is 0 Å². The third kappa shape index (κ3) is 3.20. The van der Waals surface area contributed by atoms with E-state index in [2.05, 4.69) is 42.3 Å². The van der Waals surface area contributed by atoms with E-state index in [0.717, 1.165) is 50.2 Å². The van der Waals surface area contributed by atoms with Gasteiger partial charge in [0.2, 0.25) is 5.91 Å². The molecule has 0 radical (unpaired) electrons. The second kappa shape index (κ2) is 6.25. The van der Waals surface area contributed by atoms with Crippen LogP contribution in [0.4, 0.5) is 0 Å². The number of nitrogens with zero attached hydrogens (tertiary/aromatic N) is 1. The lowest BCUT2D eigenvalue weighted by Crippen LogP contribution is -2.50. The van der Waals surface area contributed by atoms with Crippen LogP contribution in [0.3, 0.4) is 0 Å². The van der Waals surface area contributed by atoms with Gasteiger partial charge in [-0.05, 0) is 50.3 Å². The number of rotatable bonds is 4. The Morgan fingerprint density at radius 3 is 2.88 bits per heavy atom. The highest BCUT2D eigenvalue weighted by Gasteiger charge is 2.36. The molecule has 0 bridgehead atoms. The molecule has 1 aliphatic heterocycles. The van der Waals surface area contributed by atoms with E-state index in [-0.39, 0.29) is 0 Å². The summed E-state index contributed by atoms with van der Waals surface area (Å²) in [5.41, 5.74) is 2.21. The van der Waals surface area contributed by atoms with Gasteiger partial charge in [0.05, 0.1) is 6.54 Å². The molecule has 2 heterocycles. The van der Waals surface area contributed by atoms with Gasteiger partial charge in [0.15, 0.2) is 0 Å². The van der Waals surface area contributed by atoms with Crippen molar-refractivity contribution in [3.05, 3.63) is 35.6 Å². The van der Waals surface area contributed by atoms with E-state index in [0.29, 0.717) is 23.8 Å². The predicted octanol–water partition coefficient (Wildman–Crippen LogP) is 3.48. The number of amides is 1. The Hall–Kier alpha value is -1.81. The first-order valence-corrected chi connectivity index (χ1v) is 9.11. The number of furan rings is 1. The number of hydrogen-bond acceptors (Lipinski definition) is 3. The van der Waals surface area contributed by atoms with Crippen LogP contribution in [0.15, 0.2) is 28.7 Å². The summed E-state index contributed by atoms with van der Waals surface area (Å²) in [6, 6.07) is 8.86. The molecule has 1 saturated heterocycles. The van der Waals surface area contributed by atoms with Gasteiger partial charge < -0.3 is 14.6 Å². The first-order chi connectivity index (χ1) is 11.6. The highest BCUT2D eigenvalue weighted by Crippen LogP contribution is 2.32. The molecule has 1 N–H and O–H groups in total. The quantitative estimate of drug-likeness (QED) is 0.935. The smallest absolute Gasteiger partial charge is 0.225 e. The summed E-state index contributed by atoms with van der Waals surface area (Å²) in [5.74, 6) is 2.18. The molecule has 4 nitrogen and oxygen atoms in total. The van der Waals surface area contributed by atoms with Crippen LogP contribution in [0.25, 0.3) is 11.0 Å². The zero-order valence-corrected chi connectivity index (χ0v) is 14.5. The van der Waals surface area contributed by atoms with Crippen molar-refractivity contribution in [3.63, 3.8) is 0 Å². The zero-order valence-electron chi connectivity index (χ0n) is 14.5. The van der Waals surface area contributed by atoms with Crippen LogP contribution in [-0.2, 0) is 11.3 Å². The van der Waals surface area contributed by atoms with Gasteiger partial charge in [-0.1, -0.05) is 18.6 Å². The molecule has 0 unspecified atom stereocenters. The predicted molar refractivity (Wildman–Crippen MR) is 94.7 cm³/mol. The number of carbonyl (C=O) groups excluding carboxylic acids is 1. The van der Waals surface area contributed by atoms with Crippen molar-refractivity contribution in [1.82, 2.24) is 10.2 Å². The van der Waals surface area contributed by atoms with Crippen LogP contribution in [0.5, 0.6) is 0 Å². The van der Waals surface area contributed by atoms with E-state index >= 15 is 0 Å². The number of fused-ring (bicyclic) bond motifs is 1. The normalized spacial score (nSPS) is 24.5. The largest absolute Gasteiger partial charge is 0.460 e. The van der Waals surface area contributed by atoms with Crippen molar-refractivity contribution in [3.8, 4) is 0 Å². The van der Waals surface area contributed by atoms with Crippen LogP contribution >= 0.6 is 0 Å². The Bertz CT molecular complexity index is 747. The summed E-state index contributed by atoms with van der Waals surface area (Å²) >= 11 is 0. The highest BCUT2D eigenvalue weighted by atomic mass is 16.3. The molecule has 4 rings (SSSR count). The fourth-order valence-corrected chi connectivity index (χ4v) is 3.77. The maximum Gasteiger partial charge on any atom is 0.225 e. The topological polar surface area (TPSA) is 45.5 Å². The minimum absolute atomic E-state index is 0.334. The number of likely N-dealkylation sites (tertiary alicyclic amines) is 1. The molecule has 2 fully saturated rings. The Labute approximate surface area is 143 Å². The van der Waals surface area contributed by atoms with E-state index in [1.54, 1.807) is 0 Å². The van der Waals surface area contributed by atoms with Gasteiger partial charge in [-0.15, -0.1) is 0 Å². The summed E-state index contributed by atoms with van der Waals surface area (Å²) in [7, 11) is 0. The molecule has 24 heavy (non-hydrogen) atoms. The van der Waals surface area contributed by atoms with Crippen LogP contribution in [0, 0.1) is 18.8 Å².